The third kappa shape index (κ3) is 1.62. The standard InChI is InChI=1S/C15H20N2/c1-2-11-7-10(1)8-15(11)17-13-3-4-14-12(9-13)5-6-16-14/h3-4,9-11,15-17H,1-2,5-8H2. The largest absolute Gasteiger partial charge is 0.384 e. The Labute approximate surface area is 103 Å². The maximum Gasteiger partial charge on any atom is 0.0375 e. The highest BCUT2D eigenvalue weighted by molar-refractivity contribution is 5.62. The summed E-state index contributed by atoms with van der Waals surface area (Å²) < 4.78 is 0. The first kappa shape index (κ1) is 9.81. The van der Waals surface area contributed by atoms with Crippen molar-refractivity contribution in [3.63, 3.8) is 0 Å². The van der Waals surface area contributed by atoms with Gasteiger partial charge in [-0.3, -0.25) is 0 Å². The molecule has 0 saturated heterocycles. The normalized spacial score (nSPS) is 33.5. The molecule has 1 aromatic carbocycles. The van der Waals surface area contributed by atoms with Crippen LogP contribution in [0, 0.1) is 11.8 Å². The van der Waals surface area contributed by atoms with Crippen LogP contribution in [0.4, 0.5) is 11.4 Å². The maximum absolute atomic E-state index is 3.77. The van der Waals surface area contributed by atoms with Crippen LogP contribution in [0.2, 0.25) is 0 Å². The second kappa shape index (κ2) is 3.66. The molecule has 2 saturated carbocycles. The molecular weight excluding hydrogens is 208 g/mol. The van der Waals surface area contributed by atoms with Crippen molar-refractivity contribution in [2.45, 2.75) is 38.1 Å². The minimum absolute atomic E-state index is 0.751. The number of benzene rings is 1. The van der Waals surface area contributed by atoms with Gasteiger partial charge in [0.1, 0.15) is 0 Å². The lowest BCUT2D eigenvalue weighted by molar-refractivity contribution is 0.440. The predicted octanol–water partition coefficient (Wildman–Crippen LogP) is 3.26. The molecule has 0 radical (unpaired) electrons. The summed E-state index contributed by atoms with van der Waals surface area (Å²) in [6.45, 7) is 1.10. The molecule has 2 heteroatoms. The van der Waals surface area contributed by atoms with E-state index >= 15 is 0 Å². The summed E-state index contributed by atoms with van der Waals surface area (Å²) in [5, 5.41) is 7.19. The Bertz CT molecular complexity index is 441. The van der Waals surface area contributed by atoms with Gasteiger partial charge in [-0.15, -0.1) is 0 Å². The Kier molecular flexibility index (Phi) is 2.11. The van der Waals surface area contributed by atoms with Gasteiger partial charge in [0.15, 0.2) is 0 Å². The average Bonchev–Trinajstić information content (AvgIpc) is 3.03. The molecule has 2 bridgehead atoms. The lowest BCUT2D eigenvalue weighted by atomic mass is 9.95. The smallest absolute Gasteiger partial charge is 0.0375 e. The van der Waals surface area contributed by atoms with E-state index in [0.717, 1.165) is 24.4 Å². The van der Waals surface area contributed by atoms with Gasteiger partial charge < -0.3 is 10.6 Å². The molecule has 90 valence electrons. The number of hydrogen-bond donors (Lipinski definition) is 2. The third-order valence-electron chi connectivity index (χ3n) is 4.91. The van der Waals surface area contributed by atoms with Gasteiger partial charge in [-0.1, -0.05) is 6.42 Å². The average molecular weight is 228 g/mol. The molecule has 4 rings (SSSR count). The van der Waals surface area contributed by atoms with Gasteiger partial charge in [0, 0.05) is 24.0 Å². The molecule has 1 aromatic rings. The van der Waals surface area contributed by atoms with Gasteiger partial charge >= 0.3 is 0 Å². The molecule has 1 aliphatic heterocycles. The van der Waals surface area contributed by atoms with E-state index in [4.69, 9.17) is 0 Å². The maximum atomic E-state index is 3.77. The summed E-state index contributed by atoms with van der Waals surface area (Å²) >= 11 is 0. The second-order valence-electron chi connectivity index (χ2n) is 5.97. The van der Waals surface area contributed by atoms with E-state index in [1.54, 1.807) is 0 Å². The summed E-state index contributed by atoms with van der Waals surface area (Å²) in [6.07, 6.45) is 7.00. The highest BCUT2D eigenvalue weighted by atomic mass is 14.9. The quantitative estimate of drug-likeness (QED) is 0.812. The Hall–Kier alpha value is -1.18. The zero-order valence-electron chi connectivity index (χ0n) is 10.2. The van der Waals surface area contributed by atoms with Crippen molar-refractivity contribution in [2.75, 3.05) is 17.2 Å². The van der Waals surface area contributed by atoms with Crippen LogP contribution in [0.3, 0.4) is 0 Å². The number of nitrogens with one attached hydrogen (secondary N) is 2. The van der Waals surface area contributed by atoms with Crippen LogP contribution in [0.1, 0.15) is 31.2 Å². The van der Waals surface area contributed by atoms with E-state index in [2.05, 4.69) is 28.8 Å². The van der Waals surface area contributed by atoms with Crippen molar-refractivity contribution in [1.82, 2.24) is 0 Å². The number of hydrogen-bond acceptors (Lipinski definition) is 2. The first-order valence-corrected chi connectivity index (χ1v) is 7.02. The van der Waals surface area contributed by atoms with Crippen LogP contribution in [-0.4, -0.2) is 12.6 Å². The van der Waals surface area contributed by atoms with Crippen molar-refractivity contribution in [3.8, 4) is 0 Å². The number of fused-ring (bicyclic) bond motifs is 3. The molecule has 0 spiro atoms. The van der Waals surface area contributed by atoms with E-state index in [9.17, 15) is 0 Å². The van der Waals surface area contributed by atoms with Crippen molar-refractivity contribution < 1.29 is 0 Å². The molecule has 0 aromatic heterocycles. The van der Waals surface area contributed by atoms with Crippen LogP contribution in [0.25, 0.3) is 0 Å². The molecule has 2 aliphatic carbocycles. The van der Waals surface area contributed by atoms with Gasteiger partial charge in [-0.05, 0) is 61.3 Å². The Morgan fingerprint density at radius 1 is 1.18 bits per heavy atom. The van der Waals surface area contributed by atoms with E-state index in [0.29, 0.717) is 0 Å². The zero-order chi connectivity index (χ0) is 11.2. The van der Waals surface area contributed by atoms with Crippen LogP contribution in [0.15, 0.2) is 18.2 Å². The predicted molar refractivity (Wildman–Crippen MR) is 71.5 cm³/mol. The van der Waals surface area contributed by atoms with E-state index in [-0.39, 0.29) is 0 Å². The molecule has 2 fully saturated rings. The minimum atomic E-state index is 0.751. The van der Waals surface area contributed by atoms with Crippen LogP contribution in [-0.2, 0) is 6.42 Å². The van der Waals surface area contributed by atoms with Gasteiger partial charge in [0.05, 0.1) is 0 Å². The highest BCUT2D eigenvalue weighted by Gasteiger charge is 2.39. The van der Waals surface area contributed by atoms with Crippen molar-refractivity contribution in [3.05, 3.63) is 23.8 Å². The molecule has 1 heterocycles. The lowest BCUT2D eigenvalue weighted by Gasteiger charge is -2.24. The topological polar surface area (TPSA) is 24.1 Å². The summed E-state index contributed by atoms with van der Waals surface area (Å²) in [4.78, 5) is 0. The zero-order valence-corrected chi connectivity index (χ0v) is 10.2. The van der Waals surface area contributed by atoms with E-state index in [1.807, 2.05) is 0 Å². The molecule has 3 aliphatic rings. The Morgan fingerprint density at radius 3 is 3.00 bits per heavy atom. The summed E-state index contributed by atoms with van der Waals surface area (Å²) in [5.41, 5.74) is 4.16. The fourth-order valence-electron chi connectivity index (χ4n) is 4.03. The van der Waals surface area contributed by atoms with E-state index < -0.39 is 0 Å². The summed E-state index contributed by atoms with van der Waals surface area (Å²) in [5.74, 6) is 1.97. The van der Waals surface area contributed by atoms with Crippen LogP contribution >= 0.6 is 0 Å². The molecule has 2 nitrogen and oxygen atoms in total. The molecule has 3 atom stereocenters. The van der Waals surface area contributed by atoms with Gasteiger partial charge in [-0.25, -0.2) is 0 Å². The monoisotopic (exact) mass is 228 g/mol. The van der Waals surface area contributed by atoms with Gasteiger partial charge in [0.25, 0.3) is 0 Å². The van der Waals surface area contributed by atoms with Crippen molar-refractivity contribution in [1.29, 1.82) is 0 Å². The van der Waals surface area contributed by atoms with Crippen molar-refractivity contribution in [2.24, 2.45) is 11.8 Å². The Balaban J connectivity index is 1.52. The molecule has 0 amide bonds. The molecule has 3 unspecified atom stereocenters. The summed E-state index contributed by atoms with van der Waals surface area (Å²) in [6, 6.07) is 7.57. The second-order valence-corrected chi connectivity index (χ2v) is 5.97. The SMILES string of the molecule is c1cc2c(cc1NC1CC3CCC1C3)CCN2. The number of anilines is 2. The molecule has 2 N–H and O–H groups in total. The van der Waals surface area contributed by atoms with E-state index in [1.165, 1.54) is 49.0 Å². The lowest BCUT2D eigenvalue weighted by Crippen LogP contribution is -2.25. The van der Waals surface area contributed by atoms with Crippen LogP contribution < -0.4 is 10.6 Å². The Morgan fingerprint density at radius 2 is 2.18 bits per heavy atom. The first-order chi connectivity index (χ1) is 8.38. The van der Waals surface area contributed by atoms with Gasteiger partial charge in [0.2, 0.25) is 0 Å². The number of rotatable bonds is 2. The van der Waals surface area contributed by atoms with Crippen LogP contribution in [0.5, 0.6) is 0 Å². The van der Waals surface area contributed by atoms with Gasteiger partial charge in [-0.2, -0.15) is 0 Å². The minimum Gasteiger partial charge on any atom is -0.384 e. The molecule has 17 heavy (non-hydrogen) atoms. The van der Waals surface area contributed by atoms with Crippen molar-refractivity contribution >= 4 is 11.4 Å². The highest BCUT2D eigenvalue weighted by Crippen LogP contribution is 2.45. The third-order valence-corrected chi connectivity index (χ3v) is 4.91. The summed E-state index contributed by atoms with van der Waals surface area (Å²) in [7, 11) is 0. The first-order valence-electron chi connectivity index (χ1n) is 7.02. The molecular formula is C15H20N2. The fourth-order valence-corrected chi connectivity index (χ4v) is 4.03. The fraction of sp³-hybridized carbons (Fsp3) is 0.600.